The van der Waals surface area contributed by atoms with Crippen LogP contribution in [0.15, 0.2) is 12.4 Å². The van der Waals surface area contributed by atoms with E-state index in [1.54, 1.807) is 0 Å². The second-order valence-electron chi connectivity index (χ2n) is 6.41. The first kappa shape index (κ1) is 20.3. The maximum atomic E-state index is 12.5. The van der Waals surface area contributed by atoms with Crippen LogP contribution in [-0.2, 0) is 11.3 Å². The van der Waals surface area contributed by atoms with E-state index in [0.29, 0.717) is 24.3 Å². The standard InChI is InChI=1S/C16H26N4O.2ClH/c1-13-18-8-10-19(13)12-15-3-2-9-20(15)16(21)5-4-14-6-7-17-11-14;;/h8,10,14-15,17H,2-7,9,11-12H2,1H3;2*1H. The number of hydrogen-bond donors (Lipinski definition) is 1. The highest BCUT2D eigenvalue weighted by atomic mass is 35.5. The minimum absolute atomic E-state index is 0. The van der Waals surface area contributed by atoms with E-state index in [2.05, 4.69) is 19.8 Å². The summed E-state index contributed by atoms with van der Waals surface area (Å²) in [5, 5.41) is 3.38. The van der Waals surface area contributed by atoms with Crippen molar-refractivity contribution >= 4 is 30.7 Å². The first-order chi connectivity index (χ1) is 10.2. The van der Waals surface area contributed by atoms with Crippen LogP contribution in [0.25, 0.3) is 0 Å². The van der Waals surface area contributed by atoms with E-state index in [4.69, 9.17) is 0 Å². The van der Waals surface area contributed by atoms with Gasteiger partial charge in [-0.3, -0.25) is 4.79 Å². The molecule has 2 atom stereocenters. The lowest BCUT2D eigenvalue weighted by molar-refractivity contribution is -0.132. The number of aromatic nitrogens is 2. The van der Waals surface area contributed by atoms with Gasteiger partial charge in [0.15, 0.2) is 0 Å². The molecule has 2 saturated heterocycles. The molecule has 0 bridgehead atoms. The van der Waals surface area contributed by atoms with Crippen molar-refractivity contribution < 1.29 is 4.79 Å². The molecular formula is C16H28Cl2N4O. The number of imidazole rings is 1. The Morgan fingerprint density at radius 1 is 1.39 bits per heavy atom. The lowest BCUT2D eigenvalue weighted by Gasteiger charge is -2.26. The van der Waals surface area contributed by atoms with Crippen molar-refractivity contribution in [3.8, 4) is 0 Å². The van der Waals surface area contributed by atoms with Crippen molar-refractivity contribution in [1.29, 1.82) is 0 Å². The Morgan fingerprint density at radius 3 is 2.87 bits per heavy atom. The Morgan fingerprint density at radius 2 is 2.22 bits per heavy atom. The van der Waals surface area contributed by atoms with E-state index in [1.165, 1.54) is 6.42 Å². The molecule has 2 aliphatic heterocycles. The number of rotatable bonds is 5. The molecule has 2 fully saturated rings. The highest BCUT2D eigenvalue weighted by molar-refractivity contribution is 5.85. The molecule has 7 heteroatoms. The fraction of sp³-hybridized carbons (Fsp3) is 0.750. The van der Waals surface area contributed by atoms with Gasteiger partial charge in [-0.15, -0.1) is 24.8 Å². The molecule has 0 aliphatic carbocycles. The second kappa shape index (κ2) is 9.50. The summed E-state index contributed by atoms with van der Waals surface area (Å²) in [7, 11) is 0. The van der Waals surface area contributed by atoms with Gasteiger partial charge in [0, 0.05) is 37.9 Å². The summed E-state index contributed by atoms with van der Waals surface area (Å²) in [6.07, 6.45) is 9.09. The molecule has 1 amide bonds. The van der Waals surface area contributed by atoms with E-state index < -0.39 is 0 Å². The van der Waals surface area contributed by atoms with Gasteiger partial charge < -0.3 is 14.8 Å². The van der Waals surface area contributed by atoms with Gasteiger partial charge >= 0.3 is 0 Å². The van der Waals surface area contributed by atoms with Gasteiger partial charge in [0.25, 0.3) is 0 Å². The average molecular weight is 363 g/mol. The van der Waals surface area contributed by atoms with Crippen LogP contribution in [0, 0.1) is 12.8 Å². The van der Waals surface area contributed by atoms with Crippen molar-refractivity contribution in [2.75, 3.05) is 19.6 Å². The SMILES string of the molecule is Cc1nccn1CC1CCCN1C(=O)CCC1CCNC1.Cl.Cl. The number of nitrogens with zero attached hydrogens (tertiary/aromatic N) is 3. The summed E-state index contributed by atoms with van der Waals surface area (Å²) in [6, 6.07) is 0.354. The van der Waals surface area contributed by atoms with Crippen molar-refractivity contribution in [3.63, 3.8) is 0 Å². The molecule has 1 aromatic heterocycles. The third-order valence-electron chi connectivity index (χ3n) is 4.96. The zero-order valence-corrected chi connectivity index (χ0v) is 15.4. The molecular weight excluding hydrogens is 335 g/mol. The molecule has 5 nitrogen and oxygen atoms in total. The van der Waals surface area contributed by atoms with Gasteiger partial charge in [0.1, 0.15) is 5.82 Å². The predicted octanol–water partition coefficient (Wildman–Crippen LogP) is 2.42. The van der Waals surface area contributed by atoms with E-state index in [0.717, 1.165) is 51.3 Å². The first-order valence-electron chi connectivity index (χ1n) is 8.22. The van der Waals surface area contributed by atoms with Gasteiger partial charge in [-0.2, -0.15) is 0 Å². The number of amides is 1. The van der Waals surface area contributed by atoms with Crippen molar-refractivity contribution in [2.24, 2.45) is 5.92 Å². The molecule has 0 aromatic carbocycles. The fourth-order valence-corrected chi connectivity index (χ4v) is 3.61. The van der Waals surface area contributed by atoms with Crippen LogP contribution in [0.3, 0.4) is 0 Å². The topological polar surface area (TPSA) is 50.2 Å². The summed E-state index contributed by atoms with van der Waals surface area (Å²) in [4.78, 5) is 18.9. The minimum Gasteiger partial charge on any atom is -0.338 e. The number of likely N-dealkylation sites (tertiary alicyclic amines) is 1. The number of nitrogens with one attached hydrogen (secondary N) is 1. The third kappa shape index (κ3) is 5.10. The minimum atomic E-state index is 0. The normalized spacial score (nSPS) is 23.4. The molecule has 132 valence electrons. The van der Waals surface area contributed by atoms with Crippen molar-refractivity contribution in [3.05, 3.63) is 18.2 Å². The Bertz CT molecular complexity index is 488. The van der Waals surface area contributed by atoms with Gasteiger partial charge in [0.05, 0.1) is 0 Å². The van der Waals surface area contributed by atoms with Crippen LogP contribution < -0.4 is 5.32 Å². The van der Waals surface area contributed by atoms with Crippen LogP contribution in [-0.4, -0.2) is 46.0 Å². The Hall–Kier alpha value is -0.780. The zero-order valence-electron chi connectivity index (χ0n) is 13.7. The number of aryl methyl sites for hydroxylation is 1. The summed E-state index contributed by atoms with van der Waals surface area (Å²) < 4.78 is 2.16. The van der Waals surface area contributed by atoms with E-state index in [-0.39, 0.29) is 24.8 Å². The quantitative estimate of drug-likeness (QED) is 0.874. The van der Waals surface area contributed by atoms with Crippen LogP contribution >= 0.6 is 24.8 Å². The first-order valence-corrected chi connectivity index (χ1v) is 8.22. The molecule has 3 rings (SSSR count). The number of carbonyl (C=O) groups excluding carboxylic acids is 1. The molecule has 0 radical (unpaired) electrons. The van der Waals surface area contributed by atoms with E-state index >= 15 is 0 Å². The third-order valence-corrected chi connectivity index (χ3v) is 4.96. The number of halogens is 2. The molecule has 3 heterocycles. The average Bonchev–Trinajstić information content (AvgIpc) is 3.20. The van der Waals surface area contributed by atoms with Gasteiger partial charge in [-0.25, -0.2) is 4.98 Å². The van der Waals surface area contributed by atoms with Crippen molar-refractivity contribution in [1.82, 2.24) is 19.8 Å². The molecule has 0 saturated carbocycles. The van der Waals surface area contributed by atoms with E-state index in [9.17, 15) is 4.79 Å². The smallest absolute Gasteiger partial charge is 0.222 e. The molecule has 0 spiro atoms. The van der Waals surface area contributed by atoms with Crippen molar-refractivity contribution in [2.45, 2.75) is 51.6 Å². The van der Waals surface area contributed by atoms with Crippen LogP contribution in [0.4, 0.5) is 0 Å². The highest BCUT2D eigenvalue weighted by Gasteiger charge is 2.29. The number of carbonyl (C=O) groups is 1. The maximum absolute atomic E-state index is 12.5. The van der Waals surface area contributed by atoms with Crippen LogP contribution in [0.5, 0.6) is 0 Å². The predicted molar refractivity (Wildman–Crippen MR) is 96.4 cm³/mol. The largest absolute Gasteiger partial charge is 0.338 e. The highest BCUT2D eigenvalue weighted by Crippen LogP contribution is 2.22. The molecule has 1 N–H and O–H groups in total. The van der Waals surface area contributed by atoms with Gasteiger partial charge in [-0.05, 0) is 51.6 Å². The van der Waals surface area contributed by atoms with Gasteiger partial charge in [-0.1, -0.05) is 0 Å². The molecule has 2 unspecified atom stereocenters. The zero-order chi connectivity index (χ0) is 14.7. The molecule has 23 heavy (non-hydrogen) atoms. The number of hydrogen-bond acceptors (Lipinski definition) is 3. The fourth-order valence-electron chi connectivity index (χ4n) is 3.61. The Kier molecular flexibility index (Phi) is 8.37. The molecule has 2 aliphatic rings. The summed E-state index contributed by atoms with van der Waals surface area (Å²) in [6.45, 7) is 6.05. The Labute approximate surface area is 151 Å². The van der Waals surface area contributed by atoms with E-state index in [1.807, 2.05) is 19.3 Å². The second-order valence-corrected chi connectivity index (χ2v) is 6.41. The maximum Gasteiger partial charge on any atom is 0.222 e. The van der Waals surface area contributed by atoms with Gasteiger partial charge in [0.2, 0.25) is 5.91 Å². The lowest BCUT2D eigenvalue weighted by atomic mass is 10.0. The Balaban J connectivity index is 0.00000132. The monoisotopic (exact) mass is 362 g/mol. The van der Waals surface area contributed by atoms with Crippen LogP contribution in [0.1, 0.15) is 37.9 Å². The molecule has 1 aromatic rings. The summed E-state index contributed by atoms with van der Waals surface area (Å²) in [5.74, 6) is 2.08. The van der Waals surface area contributed by atoms with Crippen LogP contribution in [0.2, 0.25) is 0 Å². The summed E-state index contributed by atoms with van der Waals surface area (Å²) in [5.41, 5.74) is 0. The summed E-state index contributed by atoms with van der Waals surface area (Å²) >= 11 is 0. The lowest BCUT2D eigenvalue weighted by Crippen LogP contribution is -2.38.